The lowest BCUT2D eigenvalue weighted by Gasteiger charge is -2.16. The fourth-order valence-electron chi connectivity index (χ4n) is 2.84. The maximum absolute atomic E-state index is 2.43. The molecule has 1 nitrogen and oxygen atoms in total. The molecule has 3 rings (SSSR count). The van der Waals surface area contributed by atoms with Gasteiger partial charge in [0.05, 0.1) is 0 Å². The monoisotopic (exact) mass is 309 g/mol. The van der Waals surface area contributed by atoms with E-state index in [0.29, 0.717) is 0 Å². The SMILES string of the molecule is CCN(CC)CC=C(C)c1ccc2sc3ccccc3c2c1. The molecule has 0 spiro atoms. The van der Waals surface area contributed by atoms with E-state index >= 15 is 0 Å². The van der Waals surface area contributed by atoms with Gasteiger partial charge in [-0.15, -0.1) is 11.3 Å². The van der Waals surface area contributed by atoms with E-state index in [4.69, 9.17) is 0 Å². The van der Waals surface area contributed by atoms with E-state index in [9.17, 15) is 0 Å². The van der Waals surface area contributed by atoms with Crippen LogP contribution < -0.4 is 0 Å². The summed E-state index contributed by atoms with van der Waals surface area (Å²) in [6.45, 7) is 9.90. The van der Waals surface area contributed by atoms with Crippen LogP contribution in [0.2, 0.25) is 0 Å². The average molecular weight is 309 g/mol. The van der Waals surface area contributed by atoms with Crippen LogP contribution in [-0.2, 0) is 0 Å². The molecule has 0 aliphatic carbocycles. The fraction of sp³-hybridized carbons (Fsp3) is 0.300. The molecule has 0 saturated carbocycles. The van der Waals surface area contributed by atoms with Crippen molar-refractivity contribution in [2.24, 2.45) is 0 Å². The van der Waals surface area contributed by atoms with Gasteiger partial charge in [0, 0.05) is 26.7 Å². The van der Waals surface area contributed by atoms with Gasteiger partial charge in [0.1, 0.15) is 0 Å². The van der Waals surface area contributed by atoms with Crippen molar-refractivity contribution in [3.8, 4) is 0 Å². The maximum Gasteiger partial charge on any atom is 0.0355 e. The minimum Gasteiger partial charge on any atom is -0.300 e. The zero-order valence-electron chi connectivity index (χ0n) is 13.6. The van der Waals surface area contributed by atoms with Gasteiger partial charge in [-0.25, -0.2) is 0 Å². The molecule has 0 amide bonds. The number of hydrogen-bond acceptors (Lipinski definition) is 2. The summed E-state index contributed by atoms with van der Waals surface area (Å²) in [6.07, 6.45) is 2.35. The Morgan fingerprint density at radius 3 is 2.50 bits per heavy atom. The number of hydrogen-bond donors (Lipinski definition) is 0. The molecule has 0 N–H and O–H groups in total. The normalized spacial score (nSPS) is 12.6. The molecule has 0 fully saturated rings. The minimum absolute atomic E-state index is 1.03. The lowest BCUT2D eigenvalue weighted by molar-refractivity contribution is 0.337. The van der Waals surface area contributed by atoms with Crippen LogP contribution in [0.4, 0.5) is 0 Å². The first-order valence-electron chi connectivity index (χ1n) is 8.03. The van der Waals surface area contributed by atoms with E-state index in [2.05, 4.69) is 74.2 Å². The molecule has 114 valence electrons. The molecule has 0 bridgehead atoms. The number of allylic oxidation sites excluding steroid dienone is 1. The summed E-state index contributed by atoms with van der Waals surface area (Å²) in [4.78, 5) is 2.43. The van der Waals surface area contributed by atoms with Crippen molar-refractivity contribution in [2.75, 3.05) is 19.6 Å². The zero-order valence-corrected chi connectivity index (χ0v) is 14.4. The van der Waals surface area contributed by atoms with Gasteiger partial charge in [0.25, 0.3) is 0 Å². The first kappa shape index (κ1) is 15.3. The van der Waals surface area contributed by atoms with Crippen LogP contribution in [0.3, 0.4) is 0 Å². The third-order valence-electron chi connectivity index (χ3n) is 4.38. The van der Waals surface area contributed by atoms with E-state index in [1.54, 1.807) is 0 Å². The topological polar surface area (TPSA) is 3.24 Å². The molecule has 0 atom stereocenters. The third kappa shape index (κ3) is 2.94. The molecule has 3 aromatic rings. The standard InChI is InChI=1S/C20H23NS/c1-4-21(5-2)13-12-15(3)16-10-11-20-18(14-16)17-8-6-7-9-19(17)22-20/h6-12,14H,4-5,13H2,1-3H3. The van der Waals surface area contributed by atoms with Gasteiger partial charge in [0.2, 0.25) is 0 Å². The summed E-state index contributed by atoms with van der Waals surface area (Å²) in [7, 11) is 0. The van der Waals surface area contributed by atoms with Crippen LogP contribution in [0.25, 0.3) is 25.7 Å². The molecule has 0 aliphatic heterocycles. The third-order valence-corrected chi connectivity index (χ3v) is 5.53. The van der Waals surface area contributed by atoms with Crippen LogP contribution in [0.15, 0.2) is 48.5 Å². The van der Waals surface area contributed by atoms with Crippen molar-refractivity contribution in [2.45, 2.75) is 20.8 Å². The Kier molecular flexibility index (Phi) is 4.60. The van der Waals surface area contributed by atoms with Gasteiger partial charge in [-0.05, 0) is 49.3 Å². The Balaban J connectivity index is 1.97. The second-order valence-electron chi connectivity index (χ2n) is 5.68. The zero-order chi connectivity index (χ0) is 15.5. The highest BCUT2D eigenvalue weighted by atomic mass is 32.1. The summed E-state index contributed by atoms with van der Waals surface area (Å²) in [5.41, 5.74) is 2.70. The van der Waals surface area contributed by atoms with Crippen LogP contribution in [0, 0.1) is 0 Å². The van der Waals surface area contributed by atoms with Gasteiger partial charge in [-0.1, -0.05) is 44.2 Å². The Bertz CT molecular complexity index is 809. The summed E-state index contributed by atoms with van der Waals surface area (Å²) in [6, 6.07) is 15.6. The Morgan fingerprint density at radius 1 is 1.00 bits per heavy atom. The molecular formula is C20H23NS. The van der Waals surface area contributed by atoms with Gasteiger partial charge >= 0.3 is 0 Å². The van der Waals surface area contributed by atoms with Crippen LogP contribution in [0.1, 0.15) is 26.3 Å². The van der Waals surface area contributed by atoms with Crippen molar-refractivity contribution >= 4 is 37.1 Å². The van der Waals surface area contributed by atoms with Crippen molar-refractivity contribution < 1.29 is 0 Å². The second-order valence-corrected chi connectivity index (χ2v) is 6.77. The number of likely N-dealkylation sites (N-methyl/N-ethyl adjacent to an activating group) is 1. The molecule has 0 unspecified atom stereocenters. The predicted molar refractivity (Wildman–Crippen MR) is 101 cm³/mol. The molecule has 22 heavy (non-hydrogen) atoms. The summed E-state index contributed by atoms with van der Waals surface area (Å²) in [5.74, 6) is 0. The van der Waals surface area contributed by atoms with Crippen molar-refractivity contribution in [1.29, 1.82) is 0 Å². The van der Waals surface area contributed by atoms with Crippen molar-refractivity contribution in [3.05, 3.63) is 54.1 Å². The molecular weight excluding hydrogens is 286 g/mol. The smallest absolute Gasteiger partial charge is 0.0355 e. The minimum atomic E-state index is 1.03. The highest BCUT2D eigenvalue weighted by Crippen LogP contribution is 2.35. The summed E-state index contributed by atoms with van der Waals surface area (Å²) in [5, 5.41) is 2.76. The van der Waals surface area contributed by atoms with Gasteiger partial charge in [-0.3, -0.25) is 0 Å². The van der Waals surface area contributed by atoms with E-state index < -0.39 is 0 Å². The van der Waals surface area contributed by atoms with Gasteiger partial charge in [0.15, 0.2) is 0 Å². The van der Waals surface area contributed by atoms with Gasteiger partial charge < -0.3 is 4.90 Å². The van der Waals surface area contributed by atoms with Crippen molar-refractivity contribution in [1.82, 2.24) is 4.90 Å². The lowest BCUT2D eigenvalue weighted by Crippen LogP contribution is -2.22. The molecule has 0 saturated heterocycles. The Labute approximate surface area is 136 Å². The number of rotatable bonds is 5. The summed E-state index contributed by atoms with van der Waals surface area (Å²) >= 11 is 1.88. The van der Waals surface area contributed by atoms with E-state index in [1.165, 1.54) is 31.3 Å². The lowest BCUT2D eigenvalue weighted by atomic mass is 10.0. The van der Waals surface area contributed by atoms with E-state index in [-0.39, 0.29) is 0 Å². The highest BCUT2D eigenvalue weighted by Gasteiger charge is 2.06. The molecule has 2 heteroatoms. The number of benzene rings is 2. The molecule has 2 aromatic carbocycles. The van der Waals surface area contributed by atoms with Gasteiger partial charge in [-0.2, -0.15) is 0 Å². The largest absolute Gasteiger partial charge is 0.300 e. The Morgan fingerprint density at radius 2 is 1.73 bits per heavy atom. The van der Waals surface area contributed by atoms with Crippen LogP contribution in [-0.4, -0.2) is 24.5 Å². The average Bonchev–Trinajstić information content (AvgIpc) is 2.93. The van der Waals surface area contributed by atoms with E-state index in [1.807, 2.05) is 11.3 Å². The van der Waals surface area contributed by atoms with Crippen LogP contribution >= 0.6 is 11.3 Å². The maximum atomic E-state index is 2.43. The quantitative estimate of drug-likeness (QED) is 0.575. The molecule has 0 aliphatic rings. The Hall–Kier alpha value is -1.64. The number of nitrogens with zero attached hydrogens (tertiary/aromatic N) is 1. The second kappa shape index (κ2) is 6.64. The fourth-order valence-corrected chi connectivity index (χ4v) is 3.92. The van der Waals surface area contributed by atoms with E-state index in [0.717, 1.165) is 19.6 Å². The first-order chi connectivity index (χ1) is 10.7. The van der Waals surface area contributed by atoms with Crippen molar-refractivity contribution in [3.63, 3.8) is 0 Å². The summed E-state index contributed by atoms with van der Waals surface area (Å²) < 4.78 is 2.75. The molecule has 1 heterocycles. The number of thiophene rings is 1. The molecule has 0 radical (unpaired) electrons. The molecule has 1 aromatic heterocycles. The van der Waals surface area contributed by atoms with Crippen LogP contribution in [0.5, 0.6) is 0 Å². The number of fused-ring (bicyclic) bond motifs is 3. The highest BCUT2D eigenvalue weighted by molar-refractivity contribution is 7.25. The first-order valence-corrected chi connectivity index (χ1v) is 8.85. The predicted octanol–water partition coefficient (Wildman–Crippen LogP) is 5.80.